The van der Waals surface area contributed by atoms with Gasteiger partial charge in [-0.3, -0.25) is 4.79 Å². The van der Waals surface area contributed by atoms with Crippen molar-refractivity contribution in [1.29, 1.82) is 0 Å². The van der Waals surface area contributed by atoms with Gasteiger partial charge in [0.2, 0.25) is 0 Å². The van der Waals surface area contributed by atoms with Crippen LogP contribution < -0.4 is 0 Å². The van der Waals surface area contributed by atoms with E-state index in [1.165, 1.54) is 0 Å². The van der Waals surface area contributed by atoms with E-state index in [4.69, 9.17) is 21.7 Å². The summed E-state index contributed by atoms with van der Waals surface area (Å²) in [5.41, 5.74) is 0. The molecule has 14 heavy (non-hydrogen) atoms. The summed E-state index contributed by atoms with van der Waals surface area (Å²) in [4.78, 5) is 10.9. The van der Waals surface area contributed by atoms with Gasteiger partial charge in [-0.1, -0.05) is 13.3 Å². The number of carbonyl (C=O) groups excluding carboxylic acids is 1. The standard InChI is InChI=1S/C9H16O3S.ClH/c1-3-5-6-12-9(13)7-8(10)11-4-2;/h3-7H2,1-2H3;1H. The molecule has 0 spiro atoms. The lowest BCUT2D eigenvalue weighted by Crippen LogP contribution is -2.12. The van der Waals surface area contributed by atoms with Crippen LogP contribution in [0.2, 0.25) is 0 Å². The van der Waals surface area contributed by atoms with E-state index in [0.29, 0.717) is 18.3 Å². The molecule has 0 unspecified atom stereocenters. The van der Waals surface area contributed by atoms with Gasteiger partial charge in [-0.05, 0) is 25.6 Å². The second-order valence-electron chi connectivity index (χ2n) is 2.56. The average Bonchev–Trinajstić information content (AvgIpc) is 2.05. The highest BCUT2D eigenvalue weighted by Gasteiger charge is 2.06. The Morgan fingerprint density at radius 2 is 1.93 bits per heavy atom. The quantitative estimate of drug-likeness (QED) is 0.406. The van der Waals surface area contributed by atoms with E-state index in [0.717, 1.165) is 12.8 Å². The van der Waals surface area contributed by atoms with Crippen LogP contribution in [0.4, 0.5) is 0 Å². The molecule has 0 aliphatic carbocycles. The highest BCUT2D eigenvalue weighted by atomic mass is 35.5. The second kappa shape index (κ2) is 10.7. The van der Waals surface area contributed by atoms with E-state index in [2.05, 4.69) is 6.92 Å². The largest absolute Gasteiger partial charge is 0.486 e. The molecule has 3 nitrogen and oxygen atoms in total. The van der Waals surface area contributed by atoms with Crippen LogP contribution in [0.5, 0.6) is 0 Å². The van der Waals surface area contributed by atoms with Crippen LogP contribution in [0, 0.1) is 0 Å². The van der Waals surface area contributed by atoms with Crippen LogP contribution in [0.25, 0.3) is 0 Å². The minimum atomic E-state index is -0.316. The number of hydrogen-bond acceptors (Lipinski definition) is 4. The summed E-state index contributed by atoms with van der Waals surface area (Å²) in [6.45, 7) is 4.81. The summed E-state index contributed by atoms with van der Waals surface area (Å²) in [5.74, 6) is -0.316. The fraction of sp³-hybridized carbons (Fsp3) is 0.778. The SMILES string of the molecule is CCCCOC(=S)CC(=O)OCC.Cl. The van der Waals surface area contributed by atoms with Crippen molar-refractivity contribution in [2.24, 2.45) is 0 Å². The number of unbranched alkanes of at least 4 members (excludes halogenated alkanes) is 1. The molecule has 0 amide bonds. The molecular formula is C9H17ClO3S. The zero-order chi connectivity index (χ0) is 10.1. The number of thiocarbonyl (C=S) groups is 1. The highest BCUT2D eigenvalue weighted by Crippen LogP contribution is 1.96. The maximum Gasteiger partial charge on any atom is 0.314 e. The third kappa shape index (κ3) is 9.74. The van der Waals surface area contributed by atoms with Gasteiger partial charge >= 0.3 is 5.97 Å². The molecule has 0 atom stereocenters. The van der Waals surface area contributed by atoms with Crippen molar-refractivity contribution in [2.75, 3.05) is 13.2 Å². The summed E-state index contributed by atoms with van der Waals surface area (Å²) in [7, 11) is 0. The number of rotatable bonds is 6. The molecular weight excluding hydrogens is 224 g/mol. The minimum Gasteiger partial charge on any atom is -0.486 e. The zero-order valence-corrected chi connectivity index (χ0v) is 10.2. The summed E-state index contributed by atoms with van der Waals surface area (Å²) in [5, 5.41) is 0.326. The summed E-state index contributed by atoms with van der Waals surface area (Å²) in [6, 6.07) is 0. The van der Waals surface area contributed by atoms with Gasteiger partial charge in [0.15, 0.2) is 5.05 Å². The van der Waals surface area contributed by atoms with Crippen LogP contribution in [-0.2, 0) is 14.3 Å². The van der Waals surface area contributed by atoms with Crippen LogP contribution >= 0.6 is 24.6 Å². The Morgan fingerprint density at radius 3 is 2.43 bits per heavy atom. The Labute approximate surface area is 96.6 Å². The van der Waals surface area contributed by atoms with Gasteiger partial charge in [-0.25, -0.2) is 0 Å². The Hall–Kier alpha value is -0.350. The van der Waals surface area contributed by atoms with Gasteiger partial charge in [0.05, 0.1) is 13.2 Å². The molecule has 0 bridgehead atoms. The molecule has 0 aromatic carbocycles. The first-order valence-corrected chi connectivity index (χ1v) is 4.92. The molecule has 84 valence electrons. The summed E-state index contributed by atoms with van der Waals surface area (Å²) < 4.78 is 9.84. The Bertz CT molecular complexity index is 173. The van der Waals surface area contributed by atoms with Gasteiger partial charge in [0, 0.05) is 0 Å². The molecule has 5 heteroatoms. The number of ether oxygens (including phenoxy) is 2. The summed E-state index contributed by atoms with van der Waals surface area (Å²) in [6.07, 6.45) is 2.11. The van der Waals surface area contributed by atoms with E-state index in [1.54, 1.807) is 6.92 Å². The smallest absolute Gasteiger partial charge is 0.314 e. The maximum atomic E-state index is 10.9. The van der Waals surface area contributed by atoms with Crippen LogP contribution in [0.15, 0.2) is 0 Å². The summed E-state index contributed by atoms with van der Waals surface area (Å²) >= 11 is 4.83. The molecule has 0 heterocycles. The number of hydrogen-bond donors (Lipinski definition) is 0. The first-order valence-electron chi connectivity index (χ1n) is 4.52. The van der Waals surface area contributed by atoms with Gasteiger partial charge in [-0.2, -0.15) is 0 Å². The van der Waals surface area contributed by atoms with Gasteiger partial charge in [0.25, 0.3) is 0 Å². The maximum absolute atomic E-state index is 10.9. The van der Waals surface area contributed by atoms with Gasteiger partial charge in [0.1, 0.15) is 6.42 Å². The Morgan fingerprint density at radius 1 is 1.29 bits per heavy atom. The number of esters is 1. The van der Waals surface area contributed by atoms with Crippen molar-refractivity contribution in [3.05, 3.63) is 0 Å². The monoisotopic (exact) mass is 240 g/mol. The van der Waals surface area contributed by atoms with Gasteiger partial charge in [-0.15, -0.1) is 12.4 Å². The first kappa shape index (κ1) is 16.1. The van der Waals surface area contributed by atoms with Crippen molar-refractivity contribution < 1.29 is 14.3 Å². The third-order valence-electron chi connectivity index (χ3n) is 1.35. The molecule has 0 rings (SSSR count). The second-order valence-corrected chi connectivity index (χ2v) is 3.01. The molecule has 0 saturated carbocycles. The molecule has 0 aromatic rings. The first-order chi connectivity index (χ1) is 6.20. The van der Waals surface area contributed by atoms with E-state index >= 15 is 0 Å². The van der Waals surface area contributed by atoms with E-state index in [-0.39, 0.29) is 24.8 Å². The fourth-order valence-electron chi connectivity index (χ4n) is 0.711. The van der Waals surface area contributed by atoms with Crippen molar-refractivity contribution in [1.82, 2.24) is 0 Å². The molecule has 0 aliphatic rings. The molecule has 0 aliphatic heterocycles. The van der Waals surface area contributed by atoms with E-state index in [9.17, 15) is 4.79 Å². The van der Waals surface area contributed by atoms with Crippen LogP contribution in [-0.4, -0.2) is 24.2 Å². The normalized spacial score (nSPS) is 8.71. The van der Waals surface area contributed by atoms with E-state index in [1.807, 2.05) is 0 Å². The van der Waals surface area contributed by atoms with Gasteiger partial charge < -0.3 is 9.47 Å². The van der Waals surface area contributed by atoms with Crippen LogP contribution in [0.1, 0.15) is 33.1 Å². The lowest BCUT2D eigenvalue weighted by molar-refractivity contribution is -0.141. The van der Waals surface area contributed by atoms with Crippen molar-refractivity contribution in [2.45, 2.75) is 33.1 Å². The lowest BCUT2D eigenvalue weighted by Gasteiger charge is -2.05. The van der Waals surface area contributed by atoms with E-state index < -0.39 is 0 Å². The average molecular weight is 241 g/mol. The third-order valence-corrected chi connectivity index (χ3v) is 1.62. The lowest BCUT2D eigenvalue weighted by atomic mass is 10.4. The minimum absolute atomic E-state index is 0. The van der Waals surface area contributed by atoms with Crippen LogP contribution in [0.3, 0.4) is 0 Å². The molecule has 0 radical (unpaired) electrons. The number of carbonyl (C=O) groups is 1. The van der Waals surface area contributed by atoms with Crippen molar-refractivity contribution >= 4 is 35.6 Å². The highest BCUT2D eigenvalue weighted by molar-refractivity contribution is 7.80. The zero-order valence-electron chi connectivity index (χ0n) is 8.58. The van der Waals surface area contributed by atoms with Crippen molar-refractivity contribution in [3.63, 3.8) is 0 Å². The Balaban J connectivity index is 0. The molecule has 0 fully saturated rings. The fourth-order valence-corrected chi connectivity index (χ4v) is 0.912. The predicted octanol–water partition coefficient (Wildman–Crippen LogP) is 2.51. The molecule has 0 saturated heterocycles. The molecule has 0 N–H and O–H groups in total. The Kier molecular flexibility index (Phi) is 12.3. The molecule has 0 aromatic heterocycles. The predicted molar refractivity (Wildman–Crippen MR) is 62.0 cm³/mol. The van der Waals surface area contributed by atoms with Crippen molar-refractivity contribution in [3.8, 4) is 0 Å². The topological polar surface area (TPSA) is 35.5 Å². The number of halogens is 1.